The summed E-state index contributed by atoms with van der Waals surface area (Å²) < 4.78 is 31.1. The number of anilines is 2. The molecule has 7 heteroatoms. The van der Waals surface area contributed by atoms with Crippen LogP contribution >= 0.6 is 0 Å². The van der Waals surface area contributed by atoms with Gasteiger partial charge in [-0.15, -0.1) is 0 Å². The zero-order valence-electron chi connectivity index (χ0n) is 10.0. The quantitative estimate of drug-likeness (QED) is 0.872. The highest BCUT2D eigenvalue weighted by Gasteiger charge is 2.50. The van der Waals surface area contributed by atoms with Crippen LogP contribution in [0.25, 0.3) is 0 Å². The van der Waals surface area contributed by atoms with Crippen molar-refractivity contribution >= 4 is 17.3 Å². The second kappa shape index (κ2) is 4.06. The molecule has 3 rings (SSSR count). The van der Waals surface area contributed by atoms with E-state index >= 15 is 0 Å². The van der Waals surface area contributed by atoms with Crippen LogP contribution < -0.4 is 20.7 Å². The van der Waals surface area contributed by atoms with Gasteiger partial charge in [0.05, 0.1) is 12.4 Å². The van der Waals surface area contributed by atoms with Crippen LogP contribution in [0.5, 0.6) is 5.75 Å². The highest BCUT2D eigenvalue weighted by atomic mass is 19.3. The summed E-state index contributed by atoms with van der Waals surface area (Å²) >= 11 is 0. The Morgan fingerprint density at radius 2 is 2.21 bits per heavy atom. The standard InChI is InChI=1S/C12H13F2N3O2/c13-12(14)11(18)17(6-15)9-5-8(16-7-1-2-7)3-4-10(9)19-12/h3-5,7,16H,1-2,6,15H2. The molecule has 1 aliphatic heterocycles. The van der Waals surface area contributed by atoms with Crippen molar-refractivity contribution in [2.24, 2.45) is 5.73 Å². The Labute approximate surface area is 108 Å². The first-order valence-corrected chi connectivity index (χ1v) is 6.01. The minimum absolute atomic E-state index is 0.0450. The largest absolute Gasteiger partial charge is 0.483 e. The highest BCUT2D eigenvalue weighted by molar-refractivity contribution is 6.01. The molecule has 0 unspecified atom stereocenters. The molecule has 1 aliphatic carbocycles. The van der Waals surface area contributed by atoms with Crippen molar-refractivity contribution in [1.82, 2.24) is 0 Å². The molecule has 0 saturated heterocycles. The van der Waals surface area contributed by atoms with E-state index in [-0.39, 0.29) is 18.1 Å². The summed E-state index contributed by atoms with van der Waals surface area (Å²) in [6.07, 6.45) is -1.69. The molecule has 1 heterocycles. The molecule has 1 amide bonds. The van der Waals surface area contributed by atoms with Gasteiger partial charge in [-0.2, -0.15) is 8.78 Å². The van der Waals surface area contributed by atoms with Gasteiger partial charge in [-0.25, -0.2) is 0 Å². The molecule has 102 valence electrons. The van der Waals surface area contributed by atoms with Crippen LogP contribution in [0, 0.1) is 0 Å². The van der Waals surface area contributed by atoms with Gasteiger partial charge in [0.25, 0.3) is 0 Å². The van der Waals surface area contributed by atoms with E-state index in [1.807, 2.05) is 0 Å². The van der Waals surface area contributed by atoms with Crippen LogP contribution in [0.1, 0.15) is 12.8 Å². The van der Waals surface area contributed by atoms with E-state index in [4.69, 9.17) is 5.73 Å². The number of fused-ring (bicyclic) bond motifs is 1. The van der Waals surface area contributed by atoms with Gasteiger partial charge in [0.2, 0.25) is 0 Å². The van der Waals surface area contributed by atoms with E-state index in [2.05, 4.69) is 10.1 Å². The van der Waals surface area contributed by atoms with Gasteiger partial charge in [-0.05, 0) is 31.0 Å². The first kappa shape index (κ1) is 12.2. The fraction of sp³-hybridized carbons (Fsp3) is 0.417. The lowest BCUT2D eigenvalue weighted by Crippen LogP contribution is -2.52. The van der Waals surface area contributed by atoms with Crippen LogP contribution in [0.4, 0.5) is 20.2 Å². The van der Waals surface area contributed by atoms with Gasteiger partial charge in [0.15, 0.2) is 5.75 Å². The molecule has 2 aliphatic rings. The normalized spacial score (nSPS) is 20.8. The van der Waals surface area contributed by atoms with E-state index in [1.54, 1.807) is 12.1 Å². The van der Waals surface area contributed by atoms with Crippen molar-refractivity contribution in [1.29, 1.82) is 0 Å². The number of nitrogens with two attached hydrogens (primary N) is 1. The van der Waals surface area contributed by atoms with Crippen LogP contribution in [-0.2, 0) is 4.79 Å². The van der Waals surface area contributed by atoms with E-state index < -0.39 is 12.0 Å². The summed E-state index contributed by atoms with van der Waals surface area (Å²) in [6.45, 7) is -0.322. The molecule has 0 atom stereocenters. The van der Waals surface area contributed by atoms with Crippen molar-refractivity contribution in [3.8, 4) is 5.75 Å². The second-order valence-electron chi connectivity index (χ2n) is 4.64. The topological polar surface area (TPSA) is 67.6 Å². The number of hydrogen-bond acceptors (Lipinski definition) is 4. The molecule has 1 aromatic rings. The third-order valence-corrected chi connectivity index (χ3v) is 3.11. The number of carbonyl (C=O) groups is 1. The summed E-state index contributed by atoms with van der Waals surface area (Å²) in [5.41, 5.74) is 6.42. The van der Waals surface area contributed by atoms with E-state index in [0.29, 0.717) is 6.04 Å². The summed E-state index contributed by atoms with van der Waals surface area (Å²) in [5, 5.41) is 3.22. The number of amides is 1. The van der Waals surface area contributed by atoms with Crippen molar-refractivity contribution < 1.29 is 18.3 Å². The molecule has 3 N–H and O–H groups in total. The number of ether oxygens (including phenoxy) is 1. The molecule has 0 spiro atoms. The minimum atomic E-state index is -3.86. The van der Waals surface area contributed by atoms with Crippen LogP contribution in [-0.4, -0.2) is 24.7 Å². The van der Waals surface area contributed by atoms with Crippen LogP contribution in [0.2, 0.25) is 0 Å². The van der Waals surface area contributed by atoms with E-state index in [1.165, 1.54) is 6.07 Å². The maximum absolute atomic E-state index is 13.3. The Morgan fingerprint density at radius 3 is 2.84 bits per heavy atom. The lowest BCUT2D eigenvalue weighted by Gasteiger charge is -2.32. The number of hydrogen-bond donors (Lipinski definition) is 2. The first-order chi connectivity index (χ1) is 9.01. The Hall–Kier alpha value is -1.89. The maximum Gasteiger partial charge on any atom is 0.483 e. The van der Waals surface area contributed by atoms with Crippen LogP contribution in [0.3, 0.4) is 0 Å². The number of rotatable bonds is 3. The molecule has 5 nitrogen and oxygen atoms in total. The number of benzene rings is 1. The average molecular weight is 269 g/mol. The Morgan fingerprint density at radius 1 is 1.47 bits per heavy atom. The number of nitrogens with zero attached hydrogens (tertiary/aromatic N) is 1. The molecule has 1 fully saturated rings. The van der Waals surface area contributed by atoms with Crippen molar-refractivity contribution in [3.63, 3.8) is 0 Å². The maximum atomic E-state index is 13.3. The van der Waals surface area contributed by atoms with E-state index in [0.717, 1.165) is 23.4 Å². The minimum Gasteiger partial charge on any atom is -0.423 e. The number of halogens is 2. The monoisotopic (exact) mass is 269 g/mol. The molecule has 1 aromatic carbocycles. The molecular formula is C12H13F2N3O2. The van der Waals surface area contributed by atoms with Gasteiger partial charge < -0.3 is 15.8 Å². The van der Waals surface area contributed by atoms with Gasteiger partial charge in [0.1, 0.15) is 0 Å². The van der Waals surface area contributed by atoms with E-state index in [9.17, 15) is 13.6 Å². The summed E-state index contributed by atoms with van der Waals surface area (Å²) in [6, 6.07) is 5.10. The number of alkyl halides is 2. The van der Waals surface area contributed by atoms with Crippen molar-refractivity contribution in [2.45, 2.75) is 25.0 Å². The van der Waals surface area contributed by atoms with Crippen molar-refractivity contribution in [3.05, 3.63) is 18.2 Å². The smallest absolute Gasteiger partial charge is 0.423 e. The van der Waals surface area contributed by atoms with Gasteiger partial charge >= 0.3 is 12.0 Å². The third-order valence-electron chi connectivity index (χ3n) is 3.11. The fourth-order valence-corrected chi connectivity index (χ4v) is 2.00. The Bertz CT molecular complexity index is 532. The number of nitrogens with one attached hydrogen (secondary N) is 1. The Balaban J connectivity index is 1.97. The molecular weight excluding hydrogens is 256 g/mol. The summed E-state index contributed by atoms with van der Waals surface area (Å²) in [5.74, 6) is -1.48. The SMILES string of the molecule is NCN1C(=O)C(F)(F)Oc2ccc(NC3CC3)cc21. The molecule has 0 radical (unpaired) electrons. The highest BCUT2D eigenvalue weighted by Crippen LogP contribution is 2.41. The van der Waals surface area contributed by atoms with Gasteiger partial charge in [0, 0.05) is 11.7 Å². The Kier molecular flexibility index (Phi) is 2.60. The van der Waals surface area contributed by atoms with Gasteiger partial charge in [-0.3, -0.25) is 9.69 Å². The average Bonchev–Trinajstić information content (AvgIpc) is 3.15. The zero-order chi connectivity index (χ0) is 13.6. The first-order valence-electron chi connectivity index (χ1n) is 6.01. The third kappa shape index (κ3) is 2.10. The zero-order valence-corrected chi connectivity index (χ0v) is 10.0. The summed E-state index contributed by atoms with van der Waals surface area (Å²) in [4.78, 5) is 12.4. The summed E-state index contributed by atoms with van der Waals surface area (Å²) in [7, 11) is 0. The predicted octanol–water partition coefficient (Wildman–Crippen LogP) is 1.50. The van der Waals surface area contributed by atoms with Gasteiger partial charge in [-0.1, -0.05) is 0 Å². The molecule has 1 saturated carbocycles. The van der Waals surface area contributed by atoms with Crippen molar-refractivity contribution in [2.75, 3.05) is 16.9 Å². The predicted molar refractivity (Wildman–Crippen MR) is 65.2 cm³/mol. The number of carbonyl (C=O) groups excluding carboxylic acids is 1. The fourth-order valence-electron chi connectivity index (χ4n) is 2.00. The molecule has 0 bridgehead atoms. The lowest BCUT2D eigenvalue weighted by molar-refractivity contribution is -0.192. The molecule has 0 aromatic heterocycles. The second-order valence-corrected chi connectivity index (χ2v) is 4.64. The molecule has 19 heavy (non-hydrogen) atoms. The lowest BCUT2D eigenvalue weighted by atomic mass is 10.2. The van der Waals surface area contributed by atoms with Crippen LogP contribution in [0.15, 0.2) is 18.2 Å².